The SMILES string of the molecule is CC(C)(C)c1ccc(N2c3cc4c(cc3B3c5cc6c(cc5N(c5ccc(-c7cccc8c7oc7ccccc78)cc5)c5cccc2c53)C(C)(C)CCC6(C)C)C(C)(C)CC4(C)C)cc1. The number of anilines is 6. The second-order valence-corrected chi connectivity index (χ2v) is 23.6. The molecular weight excluding hydrogens is 787 g/mol. The van der Waals surface area contributed by atoms with Crippen molar-refractivity contribution in [3.05, 3.63) is 161 Å². The van der Waals surface area contributed by atoms with Gasteiger partial charge in [-0.15, -0.1) is 0 Å². The van der Waals surface area contributed by atoms with Crippen LogP contribution in [-0.2, 0) is 27.1 Å². The molecule has 0 atom stereocenters. The molecule has 0 saturated heterocycles. The highest BCUT2D eigenvalue weighted by Crippen LogP contribution is 2.54. The molecule has 1 aromatic heterocycles. The fourth-order valence-corrected chi connectivity index (χ4v) is 12.9. The molecule has 3 nitrogen and oxygen atoms in total. The summed E-state index contributed by atoms with van der Waals surface area (Å²) in [6.07, 6.45) is 3.47. The number of rotatable bonds is 3. The molecule has 7 aromatic carbocycles. The Hall–Kier alpha value is -6.00. The molecule has 0 spiro atoms. The summed E-state index contributed by atoms with van der Waals surface area (Å²) in [7, 11) is 0. The van der Waals surface area contributed by atoms with Crippen molar-refractivity contribution in [2.45, 2.75) is 122 Å². The van der Waals surface area contributed by atoms with E-state index in [1.807, 2.05) is 0 Å². The molecular formula is C61H61BN2O. The van der Waals surface area contributed by atoms with Crippen molar-refractivity contribution in [1.29, 1.82) is 0 Å². The van der Waals surface area contributed by atoms with Crippen LogP contribution in [-0.4, -0.2) is 6.71 Å². The lowest BCUT2D eigenvalue weighted by Crippen LogP contribution is -2.62. The van der Waals surface area contributed by atoms with Crippen molar-refractivity contribution >= 4 is 79.2 Å². The van der Waals surface area contributed by atoms with Crippen LogP contribution in [0.3, 0.4) is 0 Å². The Kier molecular flexibility index (Phi) is 8.29. The topological polar surface area (TPSA) is 19.6 Å². The lowest BCUT2D eigenvalue weighted by atomic mass is 9.33. The summed E-state index contributed by atoms with van der Waals surface area (Å²) in [6.45, 7) is 26.7. The van der Waals surface area contributed by atoms with Gasteiger partial charge in [-0.3, -0.25) is 0 Å². The maximum Gasteiger partial charge on any atom is 0.252 e. The number of para-hydroxylation sites is 2. The van der Waals surface area contributed by atoms with Gasteiger partial charge in [0, 0.05) is 50.5 Å². The number of nitrogens with zero attached hydrogens (tertiary/aromatic N) is 2. The van der Waals surface area contributed by atoms with Gasteiger partial charge in [0.25, 0.3) is 6.71 Å². The second-order valence-electron chi connectivity index (χ2n) is 23.6. The van der Waals surface area contributed by atoms with E-state index in [2.05, 4.69) is 219 Å². The van der Waals surface area contributed by atoms with Gasteiger partial charge >= 0.3 is 0 Å². The van der Waals surface area contributed by atoms with Gasteiger partial charge in [0.15, 0.2) is 0 Å². The van der Waals surface area contributed by atoms with E-state index in [1.54, 1.807) is 0 Å². The molecule has 4 heteroatoms. The molecule has 0 amide bonds. The van der Waals surface area contributed by atoms with Crippen LogP contribution in [0.5, 0.6) is 0 Å². The molecule has 8 aromatic rings. The largest absolute Gasteiger partial charge is 0.455 e. The van der Waals surface area contributed by atoms with E-state index in [0.717, 1.165) is 45.2 Å². The fourth-order valence-electron chi connectivity index (χ4n) is 12.9. The van der Waals surface area contributed by atoms with Crippen LogP contribution >= 0.6 is 0 Å². The highest BCUT2D eigenvalue weighted by atomic mass is 16.3. The molecule has 12 rings (SSSR count). The third-order valence-corrected chi connectivity index (χ3v) is 16.3. The molecule has 3 heterocycles. The van der Waals surface area contributed by atoms with Gasteiger partial charge in [0.2, 0.25) is 0 Å². The van der Waals surface area contributed by atoms with E-state index >= 15 is 0 Å². The van der Waals surface area contributed by atoms with Crippen molar-refractivity contribution in [3.63, 3.8) is 0 Å². The van der Waals surface area contributed by atoms with Crippen LogP contribution in [0.25, 0.3) is 33.1 Å². The summed E-state index contributed by atoms with van der Waals surface area (Å²) < 4.78 is 6.55. The number of furan rings is 1. The van der Waals surface area contributed by atoms with Gasteiger partial charge in [-0.05, 0) is 151 Å². The van der Waals surface area contributed by atoms with Gasteiger partial charge in [0.1, 0.15) is 11.2 Å². The minimum Gasteiger partial charge on any atom is -0.455 e. The Morgan fingerprint density at radius 1 is 0.492 bits per heavy atom. The number of fused-ring (bicyclic) bond motifs is 9. The van der Waals surface area contributed by atoms with Crippen LogP contribution in [0.15, 0.2) is 138 Å². The zero-order chi connectivity index (χ0) is 45.2. The summed E-state index contributed by atoms with van der Waals surface area (Å²) in [4.78, 5) is 5.20. The van der Waals surface area contributed by atoms with E-state index in [-0.39, 0.29) is 33.8 Å². The molecule has 2 aliphatic heterocycles. The number of hydrogen-bond acceptors (Lipinski definition) is 3. The van der Waals surface area contributed by atoms with E-state index in [4.69, 9.17) is 4.42 Å². The molecule has 0 radical (unpaired) electrons. The minimum atomic E-state index is 0.0553. The molecule has 0 saturated carbocycles. The Morgan fingerprint density at radius 2 is 0.985 bits per heavy atom. The molecule has 0 unspecified atom stereocenters. The zero-order valence-corrected chi connectivity index (χ0v) is 40.2. The van der Waals surface area contributed by atoms with E-state index in [1.165, 1.54) is 85.5 Å². The second kappa shape index (κ2) is 13.3. The van der Waals surface area contributed by atoms with E-state index < -0.39 is 0 Å². The third kappa shape index (κ3) is 5.87. The Bertz CT molecular complexity index is 3280. The quantitative estimate of drug-likeness (QED) is 0.165. The first-order chi connectivity index (χ1) is 30.8. The first-order valence-corrected chi connectivity index (χ1v) is 24.0. The average Bonchev–Trinajstić information content (AvgIpc) is 3.74. The summed E-state index contributed by atoms with van der Waals surface area (Å²) in [5.41, 5.74) is 23.5. The molecule has 65 heavy (non-hydrogen) atoms. The highest BCUT2D eigenvalue weighted by molar-refractivity contribution is 7.00. The lowest BCUT2D eigenvalue weighted by Gasteiger charge is -2.47. The average molecular weight is 849 g/mol. The summed E-state index contributed by atoms with van der Waals surface area (Å²) in [6, 6.07) is 51.2. The first kappa shape index (κ1) is 40.5. The van der Waals surface area contributed by atoms with Gasteiger partial charge < -0.3 is 14.2 Å². The minimum absolute atomic E-state index is 0.0553. The zero-order valence-electron chi connectivity index (χ0n) is 40.2. The maximum absolute atomic E-state index is 6.55. The molecule has 0 N–H and O–H groups in total. The third-order valence-electron chi connectivity index (χ3n) is 16.3. The number of hydrogen-bond donors (Lipinski definition) is 0. The molecule has 0 fully saturated rings. The fraction of sp³-hybridized carbons (Fsp3) is 0.311. The molecule has 2 aliphatic carbocycles. The highest BCUT2D eigenvalue weighted by Gasteiger charge is 2.49. The maximum atomic E-state index is 6.55. The van der Waals surface area contributed by atoms with Crippen LogP contribution in [0.2, 0.25) is 0 Å². The summed E-state index contributed by atoms with van der Waals surface area (Å²) in [5.74, 6) is 0. The van der Waals surface area contributed by atoms with Crippen molar-refractivity contribution in [2.75, 3.05) is 9.80 Å². The van der Waals surface area contributed by atoms with Gasteiger partial charge in [0.05, 0.1) is 0 Å². The molecule has 4 aliphatic rings. The smallest absolute Gasteiger partial charge is 0.252 e. The number of benzene rings is 7. The van der Waals surface area contributed by atoms with Gasteiger partial charge in [-0.25, -0.2) is 0 Å². The first-order valence-electron chi connectivity index (χ1n) is 24.0. The summed E-state index contributed by atoms with van der Waals surface area (Å²) >= 11 is 0. The summed E-state index contributed by atoms with van der Waals surface area (Å²) in [5, 5.41) is 2.31. The Morgan fingerprint density at radius 3 is 1.57 bits per heavy atom. The normalized spacial score (nSPS) is 18.3. The van der Waals surface area contributed by atoms with E-state index in [9.17, 15) is 0 Å². The van der Waals surface area contributed by atoms with E-state index in [0.29, 0.717) is 0 Å². The predicted octanol–water partition coefficient (Wildman–Crippen LogP) is 14.9. The Balaban J connectivity index is 1.12. The van der Waals surface area contributed by atoms with Crippen LogP contribution < -0.4 is 26.2 Å². The van der Waals surface area contributed by atoms with Crippen molar-refractivity contribution in [3.8, 4) is 11.1 Å². The molecule has 324 valence electrons. The van der Waals surface area contributed by atoms with Crippen LogP contribution in [0, 0.1) is 0 Å². The standard InChI is InChI=1S/C61H61BN2O/c1-57(2,3)38-24-28-40(29-25-38)64-51-20-15-19-50-55(51)62(49-33-45-47(35-53(49)64)61(10,11)36-60(45,8)9)48-32-44-46(59(6,7)31-30-58(44,4)5)34-52(48)63(50)39-26-22-37(23-27-39)41-17-14-18-43-42-16-12-13-21-54(42)65-56(41)43/h12-29,32-35H,30-31,36H2,1-11H3. The lowest BCUT2D eigenvalue weighted by molar-refractivity contribution is 0.332. The molecule has 0 bridgehead atoms. The van der Waals surface area contributed by atoms with Crippen LogP contribution in [0.4, 0.5) is 34.1 Å². The predicted molar refractivity (Wildman–Crippen MR) is 278 cm³/mol. The Labute approximate surface area is 386 Å². The van der Waals surface area contributed by atoms with Crippen molar-refractivity contribution < 1.29 is 4.42 Å². The van der Waals surface area contributed by atoms with Gasteiger partial charge in [-0.1, -0.05) is 155 Å². The van der Waals surface area contributed by atoms with Crippen molar-refractivity contribution in [1.82, 2.24) is 0 Å². The monoisotopic (exact) mass is 848 g/mol. The van der Waals surface area contributed by atoms with Gasteiger partial charge in [-0.2, -0.15) is 0 Å². The van der Waals surface area contributed by atoms with Crippen LogP contribution in [0.1, 0.15) is 123 Å². The van der Waals surface area contributed by atoms with Crippen molar-refractivity contribution in [2.24, 2.45) is 0 Å².